The lowest BCUT2D eigenvalue weighted by molar-refractivity contribution is -0.275. The summed E-state index contributed by atoms with van der Waals surface area (Å²) in [5, 5.41) is 4.27. The quantitative estimate of drug-likeness (QED) is 0.268. The Balaban J connectivity index is 1.54. The lowest BCUT2D eigenvalue weighted by Crippen LogP contribution is -2.42. The van der Waals surface area contributed by atoms with E-state index in [1.807, 2.05) is 0 Å². The van der Waals surface area contributed by atoms with E-state index >= 15 is 0 Å². The summed E-state index contributed by atoms with van der Waals surface area (Å²) in [6.45, 7) is 0. The molecule has 1 unspecified atom stereocenters. The summed E-state index contributed by atoms with van der Waals surface area (Å²) < 4.78 is 47.6. The highest BCUT2D eigenvalue weighted by atomic mass is 35.5. The van der Waals surface area contributed by atoms with Crippen LogP contribution in [0.2, 0.25) is 15.1 Å². The molecule has 0 amide bonds. The molecule has 0 fully saturated rings. The van der Waals surface area contributed by atoms with Gasteiger partial charge in [0, 0.05) is 27.1 Å². The van der Waals surface area contributed by atoms with Crippen LogP contribution in [0.25, 0.3) is 0 Å². The SMILES string of the molecule is O=C(Oc1ccc(C2=NOC(c3cc(Cl)cc(Cl)c3)(C(F)(F)F)C2)cc1)c1ccc(Cl)cc1. The van der Waals surface area contributed by atoms with Gasteiger partial charge in [0.1, 0.15) is 5.75 Å². The van der Waals surface area contributed by atoms with Crippen molar-refractivity contribution >= 4 is 46.5 Å². The number of oxime groups is 1. The number of carbonyl (C=O) groups is 1. The van der Waals surface area contributed by atoms with Crippen LogP contribution in [0.5, 0.6) is 5.75 Å². The highest BCUT2D eigenvalue weighted by Gasteiger charge is 2.62. The maximum Gasteiger partial charge on any atom is 0.435 e. The minimum Gasteiger partial charge on any atom is -0.423 e. The van der Waals surface area contributed by atoms with Crippen molar-refractivity contribution in [3.05, 3.63) is 98.5 Å². The Kier molecular flexibility index (Phi) is 6.31. The second-order valence-electron chi connectivity index (χ2n) is 7.21. The van der Waals surface area contributed by atoms with Crippen LogP contribution in [-0.2, 0) is 10.4 Å². The summed E-state index contributed by atoms with van der Waals surface area (Å²) >= 11 is 17.6. The van der Waals surface area contributed by atoms with Crippen LogP contribution in [0.1, 0.15) is 27.9 Å². The normalized spacial score (nSPS) is 17.9. The number of alkyl halides is 3. The predicted molar refractivity (Wildman–Crippen MR) is 119 cm³/mol. The van der Waals surface area contributed by atoms with Crippen molar-refractivity contribution in [2.75, 3.05) is 0 Å². The van der Waals surface area contributed by atoms with Gasteiger partial charge in [-0.1, -0.05) is 40.0 Å². The lowest BCUT2D eigenvalue weighted by atomic mass is 9.86. The van der Waals surface area contributed by atoms with Gasteiger partial charge in [0.2, 0.25) is 0 Å². The van der Waals surface area contributed by atoms with Gasteiger partial charge < -0.3 is 9.57 Å². The number of rotatable bonds is 4. The van der Waals surface area contributed by atoms with Crippen LogP contribution < -0.4 is 4.74 Å². The molecule has 4 nitrogen and oxygen atoms in total. The van der Waals surface area contributed by atoms with Crippen LogP contribution in [-0.4, -0.2) is 17.9 Å². The summed E-state index contributed by atoms with van der Waals surface area (Å²) in [7, 11) is 0. The van der Waals surface area contributed by atoms with E-state index in [0.717, 1.165) is 12.1 Å². The van der Waals surface area contributed by atoms with E-state index in [-0.39, 0.29) is 27.1 Å². The molecule has 0 N–H and O–H groups in total. The monoisotopic (exact) mass is 513 g/mol. The van der Waals surface area contributed by atoms with Crippen LogP contribution in [0, 0.1) is 0 Å². The van der Waals surface area contributed by atoms with E-state index in [0.29, 0.717) is 16.1 Å². The zero-order valence-electron chi connectivity index (χ0n) is 16.5. The lowest BCUT2D eigenvalue weighted by Gasteiger charge is -2.29. The third kappa shape index (κ3) is 4.81. The van der Waals surface area contributed by atoms with Crippen LogP contribution in [0.15, 0.2) is 71.9 Å². The van der Waals surface area contributed by atoms with Crippen molar-refractivity contribution in [1.82, 2.24) is 0 Å². The third-order valence-electron chi connectivity index (χ3n) is 4.99. The summed E-state index contributed by atoms with van der Waals surface area (Å²) in [4.78, 5) is 17.2. The van der Waals surface area contributed by atoms with Gasteiger partial charge >= 0.3 is 12.1 Å². The number of ether oxygens (including phenoxy) is 1. The molecule has 0 saturated heterocycles. The second kappa shape index (κ2) is 8.89. The molecule has 33 heavy (non-hydrogen) atoms. The molecule has 1 atom stereocenters. The molecule has 1 heterocycles. The smallest absolute Gasteiger partial charge is 0.423 e. The first-order valence-corrected chi connectivity index (χ1v) is 10.6. The first kappa shape index (κ1) is 23.4. The molecular weight excluding hydrogens is 502 g/mol. The zero-order chi connectivity index (χ0) is 23.8. The van der Waals surface area contributed by atoms with E-state index in [1.165, 1.54) is 42.5 Å². The van der Waals surface area contributed by atoms with Gasteiger partial charge in [0.05, 0.1) is 11.3 Å². The molecule has 0 radical (unpaired) electrons. The van der Waals surface area contributed by atoms with Crippen LogP contribution >= 0.6 is 34.8 Å². The first-order valence-electron chi connectivity index (χ1n) is 9.44. The number of benzene rings is 3. The van der Waals surface area contributed by atoms with E-state index < -0.39 is 24.2 Å². The number of carbonyl (C=O) groups excluding carboxylic acids is 1. The Hall–Kier alpha value is -2.74. The Labute approximate surface area is 201 Å². The van der Waals surface area contributed by atoms with Gasteiger partial charge in [-0.05, 0) is 72.3 Å². The largest absolute Gasteiger partial charge is 0.435 e. The number of hydrogen-bond acceptors (Lipinski definition) is 4. The molecule has 3 aromatic rings. The van der Waals surface area contributed by atoms with Gasteiger partial charge in [0.25, 0.3) is 5.60 Å². The highest BCUT2D eigenvalue weighted by Crippen LogP contribution is 2.49. The molecule has 1 aliphatic rings. The minimum absolute atomic E-state index is 0.0463. The standard InChI is InChI=1S/C23H13Cl3F3NO3/c24-16-5-1-14(2-6-16)21(31)32-19-7-3-13(4-8-19)20-12-22(33-30-20,23(27,28)29)15-9-17(25)11-18(26)10-15/h1-11H,12H2. The fourth-order valence-corrected chi connectivity index (χ4v) is 3.96. The van der Waals surface area contributed by atoms with Gasteiger partial charge in [0.15, 0.2) is 0 Å². The molecule has 0 aromatic heterocycles. The van der Waals surface area contributed by atoms with Crippen molar-refractivity contribution in [2.45, 2.75) is 18.2 Å². The molecule has 0 saturated carbocycles. The topological polar surface area (TPSA) is 47.9 Å². The van der Waals surface area contributed by atoms with Gasteiger partial charge in [-0.2, -0.15) is 13.2 Å². The van der Waals surface area contributed by atoms with Gasteiger partial charge in [-0.15, -0.1) is 0 Å². The van der Waals surface area contributed by atoms with E-state index in [4.69, 9.17) is 44.4 Å². The summed E-state index contributed by atoms with van der Waals surface area (Å²) in [6.07, 6.45) is -5.38. The highest BCUT2D eigenvalue weighted by molar-refractivity contribution is 6.34. The molecule has 0 spiro atoms. The third-order valence-corrected chi connectivity index (χ3v) is 5.68. The van der Waals surface area contributed by atoms with Crippen molar-refractivity contribution in [1.29, 1.82) is 0 Å². The van der Waals surface area contributed by atoms with E-state index in [2.05, 4.69) is 5.16 Å². The number of hydrogen-bond donors (Lipinski definition) is 0. The molecule has 0 aliphatic carbocycles. The molecule has 3 aromatic carbocycles. The summed E-state index contributed by atoms with van der Waals surface area (Å²) in [5.74, 6) is -0.392. The maximum absolute atomic E-state index is 14.1. The minimum atomic E-state index is -4.79. The average Bonchev–Trinajstić information content (AvgIpc) is 3.21. The van der Waals surface area contributed by atoms with Crippen molar-refractivity contribution < 1.29 is 27.5 Å². The Morgan fingerprint density at radius 1 is 0.909 bits per heavy atom. The molecule has 1 aliphatic heterocycles. The average molecular weight is 515 g/mol. The second-order valence-corrected chi connectivity index (χ2v) is 8.52. The van der Waals surface area contributed by atoms with Crippen molar-refractivity contribution in [3.8, 4) is 5.75 Å². The fourth-order valence-electron chi connectivity index (χ4n) is 3.31. The van der Waals surface area contributed by atoms with Gasteiger partial charge in [-0.25, -0.2) is 4.79 Å². The van der Waals surface area contributed by atoms with Crippen molar-refractivity contribution in [2.24, 2.45) is 5.16 Å². The molecule has 4 rings (SSSR count). The van der Waals surface area contributed by atoms with Crippen LogP contribution in [0.4, 0.5) is 13.2 Å². The molecular formula is C23H13Cl3F3NO3. The Morgan fingerprint density at radius 2 is 1.52 bits per heavy atom. The van der Waals surface area contributed by atoms with Gasteiger partial charge in [-0.3, -0.25) is 0 Å². The number of halogens is 6. The molecule has 10 heteroatoms. The Bertz CT molecular complexity index is 1210. The van der Waals surface area contributed by atoms with Crippen molar-refractivity contribution in [3.63, 3.8) is 0 Å². The van der Waals surface area contributed by atoms with E-state index in [9.17, 15) is 18.0 Å². The summed E-state index contributed by atoms with van der Waals surface area (Å²) in [6, 6.07) is 15.7. The molecule has 0 bridgehead atoms. The number of esters is 1. The predicted octanol–water partition coefficient (Wildman–Crippen LogP) is 7.45. The summed E-state index contributed by atoms with van der Waals surface area (Å²) in [5.41, 5.74) is -2.23. The maximum atomic E-state index is 14.1. The van der Waals surface area contributed by atoms with E-state index in [1.54, 1.807) is 12.1 Å². The zero-order valence-corrected chi connectivity index (χ0v) is 18.8. The molecule has 170 valence electrons. The fraction of sp³-hybridized carbons (Fsp3) is 0.130. The number of nitrogens with zero attached hydrogens (tertiary/aromatic N) is 1. The first-order chi connectivity index (χ1) is 15.6. The van der Waals surface area contributed by atoms with Crippen LogP contribution in [0.3, 0.4) is 0 Å². The Morgan fingerprint density at radius 3 is 2.09 bits per heavy atom.